The molecule has 38 heavy (non-hydrogen) atoms. The SMILES string of the molecule is Cc1cc(C)c(N(C)C)c(C)c1.Cc1cc(C)c(N(C)C)c(C)c1.OB(O)Oc1c(F)cc(F)c(F)c1F. The van der Waals surface area contributed by atoms with Gasteiger partial charge in [-0.1, -0.05) is 35.4 Å². The van der Waals surface area contributed by atoms with Crippen molar-refractivity contribution in [2.24, 2.45) is 0 Å². The second-order valence-electron chi connectivity index (χ2n) is 9.52. The van der Waals surface area contributed by atoms with Crippen LogP contribution in [0.25, 0.3) is 0 Å². The minimum absolute atomic E-state index is 0.0239. The summed E-state index contributed by atoms with van der Waals surface area (Å²) in [4.78, 5) is 4.34. The minimum Gasteiger partial charge on any atom is -0.507 e. The van der Waals surface area contributed by atoms with E-state index in [9.17, 15) is 17.6 Å². The maximum atomic E-state index is 12.7. The Morgan fingerprint density at radius 3 is 1.21 bits per heavy atom. The third-order valence-electron chi connectivity index (χ3n) is 5.46. The Hall–Kier alpha value is -3.24. The minimum atomic E-state index is -2.52. The molecule has 0 radical (unpaired) electrons. The summed E-state index contributed by atoms with van der Waals surface area (Å²) in [5.41, 5.74) is 10.8. The van der Waals surface area contributed by atoms with Gasteiger partial charge in [0, 0.05) is 45.6 Å². The molecule has 10 heteroatoms. The van der Waals surface area contributed by atoms with Crippen LogP contribution >= 0.6 is 0 Å². The van der Waals surface area contributed by atoms with Crippen molar-refractivity contribution in [1.82, 2.24) is 0 Å². The van der Waals surface area contributed by atoms with Crippen molar-refractivity contribution in [3.8, 4) is 5.75 Å². The molecular weight excluding hydrogens is 499 g/mol. The maximum absolute atomic E-state index is 12.7. The summed E-state index contributed by atoms with van der Waals surface area (Å²) in [6.45, 7) is 12.9. The molecule has 0 aliphatic carbocycles. The fraction of sp³-hybridized carbons (Fsp3) is 0.357. The molecule has 3 rings (SSSR count). The molecule has 0 amide bonds. The lowest BCUT2D eigenvalue weighted by Gasteiger charge is -2.19. The number of halogens is 4. The van der Waals surface area contributed by atoms with E-state index < -0.39 is 36.3 Å². The third kappa shape index (κ3) is 8.95. The lowest BCUT2D eigenvalue weighted by Crippen LogP contribution is -2.22. The van der Waals surface area contributed by atoms with Crippen molar-refractivity contribution in [3.05, 3.63) is 87.0 Å². The molecule has 0 saturated heterocycles. The maximum Gasteiger partial charge on any atom is 0.707 e. The average molecular weight is 536 g/mol. The summed E-state index contributed by atoms with van der Waals surface area (Å²) in [6, 6.07) is 8.92. The van der Waals surface area contributed by atoms with Gasteiger partial charge in [-0.2, -0.15) is 4.39 Å². The molecule has 0 aliphatic heterocycles. The average Bonchev–Trinajstić information content (AvgIpc) is 2.74. The van der Waals surface area contributed by atoms with Crippen molar-refractivity contribution in [2.75, 3.05) is 38.0 Å². The highest BCUT2D eigenvalue weighted by Crippen LogP contribution is 2.26. The van der Waals surface area contributed by atoms with Gasteiger partial charge in [0.1, 0.15) is 0 Å². The molecule has 0 atom stereocenters. The number of nitrogens with zero attached hydrogens (tertiary/aromatic N) is 2. The molecule has 3 aromatic rings. The van der Waals surface area contributed by atoms with Gasteiger partial charge in [0.2, 0.25) is 5.82 Å². The van der Waals surface area contributed by atoms with Crippen molar-refractivity contribution < 1.29 is 32.3 Å². The number of hydrogen-bond acceptors (Lipinski definition) is 5. The molecule has 0 spiro atoms. The Labute approximate surface area is 223 Å². The Morgan fingerprint density at radius 2 is 0.921 bits per heavy atom. The molecule has 0 aliphatic rings. The smallest absolute Gasteiger partial charge is 0.507 e. The first-order valence-electron chi connectivity index (χ1n) is 11.8. The van der Waals surface area contributed by atoms with Gasteiger partial charge < -0.3 is 24.5 Å². The summed E-state index contributed by atoms with van der Waals surface area (Å²) in [5, 5.41) is 16.4. The van der Waals surface area contributed by atoms with Gasteiger partial charge in [-0.05, 0) is 63.8 Å². The molecule has 2 N–H and O–H groups in total. The van der Waals surface area contributed by atoms with Gasteiger partial charge in [-0.15, -0.1) is 0 Å². The van der Waals surface area contributed by atoms with E-state index in [1.807, 2.05) is 0 Å². The van der Waals surface area contributed by atoms with E-state index in [0.29, 0.717) is 0 Å². The molecule has 0 aromatic heterocycles. The van der Waals surface area contributed by atoms with Crippen LogP contribution in [-0.2, 0) is 0 Å². The monoisotopic (exact) mass is 536 g/mol. The predicted octanol–water partition coefficient (Wildman–Crippen LogP) is 5.95. The van der Waals surface area contributed by atoms with Crippen molar-refractivity contribution >= 4 is 18.7 Å². The second kappa shape index (κ2) is 14.1. The zero-order valence-electron chi connectivity index (χ0n) is 23.7. The fourth-order valence-electron chi connectivity index (χ4n) is 4.52. The van der Waals surface area contributed by atoms with Gasteiger partial charge in [0.05, 0.1) is 0 Å². The van der Waals surface area contributed by atoms with E-state index >= 15 is 0 Å². The standard InChI is InChI=1S/2C11H17N.C6H3BF4O3/c2*1-8-6-9(2)11(12(4)5)10(3)7-8;8-2-1-3(9)6(14-7(12)13)5(11)4(2)10/h2*6-7H,1-5H3;1,12-13H. The lowest BCUT2D eigenvalue weighted by atomic mass is 10.0. The molecule has 5 nitrogen and oxygen atoms in total. The summed E-state index contributed by atoms with van der Waals surface area (Å²) in [7, 11) is 5.83. The van der Waals surface area contributed by atoms with Crippen LogP contribution in [0.15, 0.2) is 30.3 Å². The quantitative estimate of drug-likeness (QED) is 0.187. The fourth-order valence-corrected chi connectivity index (χ4v) is 4.52. The van der Waals surface area contributed by atoms with Gasteiger partial charge >= 0.3 is 7.32 Å². The number of rotatable bonds is 4. The van der Waals surface area contributed by atoms with Gasteiger partial charge in [-0.3, -0.25) is 0 Å². The van der Waals surface area contributed by atoms with Crippen molar-refractivity contribution in [2.45, 2.75) is 41.5 Å². The predicted molar refractivity (Wildman–Crippen MR) is 147 cm³/mol. The molecule has 0 unspecified atom stereocenters. The van der Waals surface area contributed by atoms with E-state index in [1.165, 1.54) is 44.8 Å². The largest absolute Gasteiger partial charge is 0.707 e. The van der Waals surface area contributed by atoms with Crippen LogP contribution in [0.1, 0.15) is 33.4 Å². The third-order valence-corrected chi connectivity index (χ3v) is 5.46. The normalized spacial score (nSPS) is 10.1. The first-order chi connectivity index (χ1) is 17.5. The summed E-state index contributed by atoms with van der Waals surface area (Å²) < 4.78 is 53.9. The molecular formula is C28H37BF4N2O3. The highest BCUT2D eigenvalue weighted by atomic mass is 19.2. The number of benzene rings is 3. The molecule has 0 bridgehead atoms. The summed E-state index contributed by atoms with van der Waals surface area (Å²) >= 11 is 0. The van der Waals surface area contributed by atoms with E-state index in [-0.39, 0.29) is 6.07 Å². The Balaban J connectivity index is 0.000000286. The first-order valence-corrected chi connectivity index (χ1v) is 11.8. The van der Waals surface area contributed by atoms with E-state index in [0.717, 1.165) is 0 Å². The Bertz CT molecular complexity index is 1140. The van der Waals surface area contributed by atoms with E-state index in [1.54, 1.807) is 0 Å². The van der Waals surface area contributed by atoms with Crippen LogP contribution < -0.4 is 14.5 Å². The number of hydrogen-bond donors (Lipinski definition) is 2. The van der Waals surface area contributed by atoms with E-state index in [2.05, 4.69) is 108 Å². The molecule has 0 saturated carbocycles. The van der Waals surface area contributed by atoms with Gasteiger partial charge in [0.25, 0.3) is 0 Å². The lowest BCUT2D eigenvalue weighted by molar-refractivity contribution is 0.269. The molecule has 0 fully saturated rings. The Morgan fingerprint density at radius 1 is 0.579 bits per heavy atom. The Kier molecular flexibility index (Phi) is 12.1. The van der Waals surface area contributed by atoms with Crippen LogP contribution in [-0.4, -0.2) is 45.6 Å². The topological polar surface area (TPSA) is 56.2 Å². The van der Waals surface area contributed by atoms with Crippen LogP contribution in [0.3, 0.4) is 0 Å². The molecule has 0 heterocycles. The highest BCUT2D eigenvalue weighted by Gasteiger charge is 2.24. The van der Waals surface area contributed by atoms with Crippen LogP contribution in [0, 0.1) is 64.8 Å². The van der Waals surface area contributed by atoms with Crippen LogP contribution in [0.4, 0.5) is 28.9 Å². The van der Waals surface area contributed by atoms with Crippen LogP contribution in [0.2, 0.25) is 0 Å². The molecule has 208 valence electrons. The zero-order valence-corrected chi connectivity index (χ0v) is 23.7. The van der Waals surface area contributed by atoms with Gasteiger partial charge in [0.15, 0.2) is 23.2 Å². The highest BCUT2D eigenvalue weighted by molar-refractivity contribution is 6.33. The zero-order chi connectivity index (χ0) is 29.5. The van der Waals surface area contributed by atoms with Gasteiger partial charge in [-0.25, -0.2) is 13.2 Å². The summed E-state index contributed by atoms with van der Waals surface area (Å²) in [6.07, 6.45) is 0. The number of anilines is 2. The second-order valence-corrected chi connectivity index (χ2v) is 9.52. The summed E-state index contributed by atoms with van der Waals surface area (Å²) in [5.74, 6) is -8.62. The molecule has 3 aromatic carbocycles. The van der Waals surface area contributed by atoms with Crippen LogP contribution in [0.5, 0.6) is 5.75 Å². The number of aryl methyl sites for hydroxylation is 6. The first kappa shape index (κ1) is 32.8. The van der Waals surface area contributed by atoms with E-state index in [4.69, 9.17) is 10.0 Å². The van der Waals surface area contributed by atoms with Crippen molar-refractivity contribution in [1.29, 1.82) is 0 Å². The van der Waals surface area contributed by atoms with Crippen molar-refractivity contribution in [3.63, 3.8) is 0 Å².